The molecule has 0 unspecified atom stereocenters. The maximum absolute atomic E-state index is 12.8. The maximum atomic E-state index is 12.8. The lowest BCUT2D eigenvalue weighted by atomic mass is 10.0. The van der Waals surface area contributed by atoms with Crippen molar-refractivity contribution in [2.24, 2.45) is 0 Å². The molecular weight excluding hydrogens is 408 g/mol. The van der Waals surface area contributed by atoms with Crippen molar-refractivity contribution >= 4 is 17.8 Å². The van der Waals surface area contributed by atoms with Gasteiger partial charge >= 0.3 is 6.03 Å². The van der Waals surface area contributed by atoms with Gasteiger partial charge in [0, 0.05) is 38.2 Å². The van der Waals surface area contributed by atoms with Gasteiger partial charge in [-0.1, -0.05) is 30.3 Å². The van der Waals surface area contributed by atoms with Crippen molar-refractivity contribution in [2.75, 3.05) is 32.8 Å². The van der Waals surface area contributed by atoms with Crippen molar-refractivity contribution in [3.8, 4) is 0 Å². The quantitative estimate of drug-likeness (QED) is 0.750. The van der Waals surface area contributed by atoms with Crippen LogP contribution in [-0.2, 0) is 20.7 Å². The standard InChI is InChI=1S/C24H28N4O4/c1-17-13-19(14-18-5-3-2-4-6-18)15-20(26-17)21-16-27(11-12-32-21)22(29)8-10-28-23(30)7-9-25-24(28)31/h2-6,13,15,21H,7-12,14,16H2,1H3,(H,25,31)/t21-/m0/s1. The monoisotopic (exact) mass is 436 g/mol. The lowest BCUT2D eigenvalue weighted by Gasteiger charge is -2.33. The zero-order valence-corrected chi connectivity index (χ0v) is 18.3. The number of urea groups is 1. The van der Waals surface area contributed by atoms with E-state index in [1.165, 1.54) is 5.56 Å². The highest BCUT2D eigenvalue weighted by Gasteiger charge is 2.29. The molecule has 0 bridgehead atoms. The fraction of sp³-hybridized carbons (Fsp3) is 0.417. The molecule has 0 radical (unpaired) electrons. The zero-order chi connectivity index (χ0) is 22.5. The molecule has 168 valence electrons. The number of hydrogen-bond acceptors (Lipinski definition) is 5. The second-order valence-electron chi connectivity index (χ2n) is 8.18. The molecule has 0 aliphatic carbocycles. The molecule has 2 aliphatic rings. The molecule has 4 amide bonds. The first kappa shape index (κ1) is 22.0. The van der Waals surface area contributed by atoms with E-state index >= 15 is 0 Å². The summed E-state index contributed by atoms with van der Waals surface area (Å²) in [7, 11) is 0. The summed E-state index contributed by atoms with van der Waals surface area (Å²) in [6.07, 6.45) is 0.872. The largest absolute Gasteiger partial charge is 0.368 e. The molecule has 1 aromatic carbocycles. The van der Waals surface area contributed by atoms with Gasteiger partial charge in [0.2, 0.25) is 11.8 Å². The molecule has 2 fully saturated rings. The molecule has 32 heavy (non-hydrogen) atoms. The van der Waals surface area contributed by atoms with E-state index in [1.54, 1.807) is 4.90 Å². The highest BCUT2D eigenvalue weighted by atomic mass is 16.5. The Balaban J connectivity index is 1.39. The summed E-state index contributed by atoms with van der Waals surface area (Å²) < 4.78 is 5.95. The number of hydrogen-bond donors (Lipinski definition) is 1. The van der Waals surface area contributed by atoms with Crippen molar-refractivity contribution in [3.63, 3.8) is 0 Å². The number of morpholine rings is 1. The normalized spacial score (nSPS) is 19.1. The topological polar surface area (TPSA) is 91.8 Å². The van der Waals surface area contributed by atoms with Gasteiger partial charge in [-0.05, 0) is 36.6 Å². The zero-order valence-electron chi connectivity index (χ0n) is 18.3. The number of pyridine rings is 1. The Hall–Kier alpha value is -3.26. The Morgan fingerprint density at radius 2 is 2.00 bits per heavy atom. The summed E-state index contributed by atoms with van der Waals surface area (Å²) in [5.41, 5.74) is 4.11. The van der Waals surface area contributed by atoms with E-state index in [9.17, 15) is 14.4 Å². The number of benzene rings is 1. The van der Waals surface area contributed by atoms with Crippen LogP contribution in [0.15, 0.2) is 42.5 Å². The Morgan fingerprint density at radius 1 is 1.19 bits per heavy atom. The van der Waals surface area contributed by atoms with E-state index in [4.69, 9.17) is 4.74 Å². The van der Waals surface area contributed by atoms with Gasteiger partial charge < -0.3 is 15.0 Å². The number of aryl methyl sites for hydroxylation is 1. The second kappa shape index (κ2) is 9.91. The minimum absolute atomic E-state index is 0.0927. The number of amides is 4. The molecule has 2 saturated heterocycles. The molecule has 0 saturated carbocycles. The fourth-order valence-electron chi connectivity index (χ4n) is 4.13. The summed E-state index contributed by atoms with van der Waals surface area (Å²) >= 11 is 0. The molecule has 1 aromatic heterocycles. The predicted molar refractivity (Wildman–Crippen MR) is 118 cm³/mol. The molecule has 4 rings (SSSR count). The van der Waals surface area contributed by atoms with E-state index in [-0.39, 0.29) is 37.3 Å². The number of nitrogens with zero attached hydrogens (tertiary/aromatic N) is 3. The van der Waals surface area contributed by atoms with Crippen LogP contribution in [0.4, 0.5) is 4.79 Å². The summed E-state index contributed by atoms with van der Waals surface area (Å²) in [6, 6.07) is 13.9. The van der Waals surface area contributed by atoms with Gasteiger partial charge in [0.05, 0.1) is 18.8 Å². The first-order valence-corrected chi connectivity index (χ1v) is 11.0. The molecule has 0 spiro atoms. The van der Waals surface area contributed by atoms with Crippen molar-refractivity contribution < 1.29 is 19.1 Å². The summed E-state index contributed by atoms with van der Waals surface area (Å²) in [5, 5.41) is 2.64. The van der Waals surface area contributed by atoms with E-state index in [1.807, 2.05) is 25.1 Å². The SMILES string of the molecule is Cc1cc(Cc2ccccc2)cc([C@@H]2CN(C(=O)CCN3C(=O)CCNC3=O)CCO2)n1. The first-order valence-electron chi connectivity index (χ1n) is 11.0. The van der Waals surface area contributed by atoms with Crippen LogP contribution in [0.2, 0.25) is 0 Å². The highest BCUT2D eigenvalue weighted by Crippen LogP contribution is 2.24. The molecule has 2 aliphatic heterocycles. The summed E-state index contributed by atoms with van der Waals surface area (Å²) in [4.78, 5) is 44.1. The number of carbonyl (C=O) groups is 3. The van der Waals surface area contributed by atoms with Gasteiger partial charge in [-0.3, -0.25) is 19.5 Å². The van der Waals surface area contributed by atoms with Crippen molar-refractivity contribution in [2.45, 2.75) is 32.3 Å². The number of rotatable bonds is 6. The lowest BCUT2D eigenvalue weighted by Crippen LogP contribution is -2.51. The van der Waals surface area contributed by atoms with E-state index in [0.717, 1.165) is 28.3 Å². The number of nitrogens with one attached hydrogen (secondary N) is 1. The highest BCUT2D eigenvalue weighted by molar-refractivity contribution is 5.97. The number of aromatic nitrogens is 1. The van der Waals surface area contributed by atoms with Gasteiger partial charge in [0.15, 0.2) is 0 Å². The van der Waals surface area contributed by atoms with Gasteiger partial charge in [-0.25, -0.2) is 4.79 Å². The second-order valence-corrected chi connectivity index (χ2v) is 8.18. The van der Waals surface area contributed by atoms with Crippen LogP contribution in [0.3, 0.4) is 0 Å². The van der Waals surface area contributed by atoms with Crippen molar-refractivity contribution in [3.05, 3.63) is 65.0 Å². The minimum Gasteiger partial charge on any atom is -0.368 e. The molecule has 8 nitrogen and oxygen atoms in total. The average molecular weight is 437 g/mol. The van der Waals surface area contributed by atoms with Gasteiger partial charge in [0.1, 0.15) is 6.10 Å². The van der Waals surface area contributed by atoms with Crippen LogP contribution < -0.4 is 5.32 Å². The third-order valence-electron chi connectivity index (χ3n) is 5.74. The summed E-state index contributed by atoms with van der Waals surface area (Å²) in [5.74, 6) is -0.335. The molecule has 3 heterocycles. The third kappa shape index (κ3) is 5.31. The van der Waals surface area contributed by atoms with E-state index in [0.29, 0.717) is 26.2 Å². The Bertz CT molecular complexity index is 979. The summed E-state index contributed by atoms with van der Waals surface area (Å²) in [6.45, 7) is 3.71. The smallest absolute Gasteiger partial charge is 0.324 e. The molecule has 1 N–H and O–H groups in total. The van der Waals surface area contributed by atoms with Crippen molar-refractivity contribution in [1.29, 1.82) is 0 Å². The van der Waals surface area contributed by atoms with Crippen LogP contribution in [0.5, 0.6) is 0 Å². The minimum atomic E-state index is -0.427. The Kier molecular flexibility index (Phi) is 6.80. The molecular formula is C24H28N4O4. The molecule has 2 aromatic rings. The maximum Gasteiger partial charge on any atom is 0.324 e. The Morgan fingerprint density at radius 3 is 2.78 bits per heavy atom. The van der Waals surface area contributed by atoms with Crippen molar-refractivity contribution in [1.82, 2.24) is 20.1 Å². The predicted octanol–water partition coefficient (Wildman–Crippen LogP) is 2.21. The van der Waals surface area contributed by atoms with Crippen LogP contribution in [0, 0.1) is 6.92 Å². The number of imide groups is 1. The number of carbonyl (C=O) groups excluding carboxylic acids is 3. The van der Waals surface area contributed by atoms with Crippen LogP contribution in [-0.4, -0.2) is 65.4 Å². The van der Waals surface area contributed by atoms with E-state index in [2.05, 4.69) is 34.6 Å². The van der Waals surface area contributed by atoms with E-state index < -0.39 is 6.03 Å². The number of ether oxygens (including phenoxy) is 1. The Labute approximate surface area is 187 Å². The van der Waals surface area contributed by atoms with Gasteiger partial charge in [-0.2, -0.15) is 0 Å². The van der Waals surface area contributed by atoms with Crippen LogP contribution in [0.1, 0.15) is 41.5 Å². The van der Waals surface area contributed by atoms with Crippen LogP contribution in [0.25, 0.3) is 0 Å². The first-order chi connectivity index (χ1) is 15.5. The molecule has 1 atom stereocenters. The third-order valence-corrected chi connectivity index (χ3v) is 5.74. The fourth-order valence-corrected chi connectivity index (χ4v) is 4.13. The average Bonchev–Trinajstić information content (AvgIpc) is 2.79. The molecule has 8 heteroatoms. The lowest BCUT2D eigenvalue weighted by molar-refractivity contribution is -0.140. The van der Waals surface area contributed by atoms with Crippen LogP contribution >= 0.6 is 0 Å². The van der Waals surface area contributed by atoms with Gasteiger partial charge in [0.25, 0.3) is 0 Å². The van der Waals surface area contributed by atoms with Gasteiger partial charge in [-0.15, -0.1) is 0 Å².